The number of amides is 2. The SMILES string of the molecule is C[C@H](CO)N1C[C@H](C)[C@H](CN(C)Cc2ccc(C(=O)Nc3ccccc3N)cc2)Oc2c(NS(=O)(=O)c3ccc(Cl)cc3)cccc2C1=O. The van der Waals surface area contributed by atoms with Crippen molar-refractivity contribution in [3.63, 3.8) is 0 Å². The van der Waals surface area contributed by atoms with E-state index < -0.39 is 22.2 Å². The number of hydrogen-bond acceptors (Lipinski definition) is 8. The van der Waals surface area contributed by atoms with Gasteiger partial charge in [-0.2, -0.15) is 0 Å². The Bertz CT molecular complexity index is 1910. The fourth-order valence-electron chi connectivity index (χ4n) is 5.61. The van der Waals surface area contributed by atoms with Crippen LogP contribution in [0.5, 0.6) is 5.75 Å². The fourth-order valence-corrected chi connectivity index (χ4v) is 6.80. The van der Waals surface area contributed by atoms with E-state index >= 15 is 0 Å². The molecule has 0 aliphatic carbocycles. The molecule has 0 aromatic heterocycles. The molecule has 0 saturated carbocycles. The minimum absolute atomic E-state index is 0.000416. The van der Waals surface area contributed by atoms with E-state index in [9.17, 15) is 23.1 Å². The first kappa shape index (κ1) is 35.7. The van der Waals surface area contributed by atoms with Gasteiger partial charge in [-0.3, -0.25) is 19.2 Å². The third-order valence-electron chi connectivity index (χ3n) is 8.43. The van der Waals surface area contributed by atoms with Crippen molar-refractivity contribution in [3.05, 3.63) is 113 Å². The van der Waals surface area contributed by atoms with Gasteiger partial charge in [-0.25, -0.2) is 8.42 Å². The number of anilines is 3. The van der Waals surface area contributed by atoms with Crippen molar-refractivity contribution >= 4 is 50.5 Å². The maximum atomic E-state index is 13.8. The monoisotopic (exact) mass is 705 g/mol. The van der Waals surface area contributed by atoms with Gasteiger partial charge in [0.25, 0.3) is 21.8 Å². The van der Waals surface area contributed by atoms with E-state index in [1.54, 1.807) is 66.4 Å². The molecular formula is C36H40ClN5O6S. The Balaban J connectivity index is 1.37. The van der Waals surface area contributed by atoms with Crippen LogP contribution in [0.1, 0.15) is 40.1 Å². The molecule has 1 aliphatic heterocycles. The van der Waals surface area contributed by atoms with Crippen molar-refractivity contribution in [3.8, 4) is 5.75 Å². The predicted octanol–water partition coefficient (Wildman–Crippen LogP) is 5.33. The Morgan fingerprint density at radius 1 is 1.04 bits per heavy atom. The average Bonchev–Trinajstić information content (AvgIpc) is 3.07. The molecule has 11 nitrogen and oxygen atoms in total. The molecule has 49 heavy (non-hydrogen) atoms. The second-order valence-electron chi connectivity index (χ2n) is 12.3. The lowest BCUT2D eigenvalue weighted by atomic mass is 9.99. The molecule has 13 heteroatoms. The van der Waals surface area contributed by atoms with E-state index in [0.717, 1.165) is 5.56 Å². The molecule has 1 aliphatic rings. The minimum atomic E-state index is -4.06. The Kier molecular flexibility index (Phi) is 11.1. The predicted molar refractivity (Wildman–Crippen MR) is 191 cm³/mol. The number of hydrogen-bond donors (Lipinski definition) is 4. The first-order valence-electron chi connectivity index (χ1n) is 15.8. The lowest BCUT2D eigenvalue weighted by molar-refractivity contribution is 0.0344. The van der Waals surface area contributed by atoms with E-state index in [4.69, 9.17) is 22.1 Å². The molecule has 4 aromatic carbocycles. The van der Waals surface area contributed by atoms with Crippen LogP contribution in [0.15, 0.2) is 95.9 Å². The number of nitrogens with one attached hydrogen (secondary N) is 2. The van der Waals surface area contributed by atoms with Crippen molar-refractivity contribution < 1.29 is 27.9 Å². The number of nitrogens with two attached hydrogens (primary N) is 1. The zero-order valence-electron chi connectivity index (χ0n) is 27.5. The molecule has 1 heterocycles. The maximum absolute atomic E-state index is 13.8. The van der Waals surface area contributed by atoms with Gasteiger partial charge in [0.1, 0.15) is 6.10 Å². The summed E-state index contributed by atoms with van der Waals surface area (Å²) in [5.41, 5.74) is 8.73. The lowest BCUT2D eigenvalue weighted by Gasteiger charge is -2.38. The summed E-state index contributed by atoms with van der Waals surface area (Å²) in [4.78, 5) is 30.3. The summed E-state index contributed by atoms with van der Waals surface area (Å²) in [6.07, 6.45) is -0.479. The third-order valence-corrected chi connectivity index (χ3v) is 10.1. The number of likely N-dealkylation sites (N-methyl/N-ethyl adjacent to an activating group) is 1. The molecule has 4 aromatic rings. The summed E-state index contributed by atoms with van der Waals surface area (Å²) in [7, 11) is -2.13. The van der Waals surface area contributed by atoms with Crippen molar-refractivity contribution in [2.45, 2.75) is 37.4 Å². The van der Waals surface area contributed by atoms with Gasteiger partial charge < -0.3 is 25.8 Å². The maximum Gasteiger partial charge on any atom is 0.262 e. The van der Waals surface area contributed by atoms with Crippen molar-refractivity contribution in [2.24, 2.45) is 5.92 Å². The zero-order valence-corrected chi connectivity index (χ0v) is 29.0. The number of fused-ring (bicyclic) bond motifs is 1. The standard InChI is InChI=1S/C36H40ClN5O6S/c1-23-19-42(24(2)22-43)36(45)29-7-6-10-32(40-49(46,47)28-17-15-27(37)16-18-28)34(29)48-33(23)21-41(3)20-25-11-13-26(14-12-25)35(44)39-31-9-5-4-8-30(31)38/h4-18,23-24,33,40,43H,19-22,38H2,1-3H3,(H,39,44)/t23-,24+,33-/m0/s1. The number of halogens is 1. The molecule has 5 N–H and O–H groups in total. The normalized spacial score (nSPS) is 17.0. The molecular weight excluding hydrogens is 666 g/mol. The van der Waals surface area contributed by atoms with Crippen LogP contribution in [-0.2, 0) is 16.6 Å². The quantitative estimate of drug-likeness (QED) is 0.153. The summed E-state index contributed by atoms with van der Waals surface area (Å²) >= 11 is 5.97. The van der Waals surface area contributed by atoms with Gasteiger partial charge >= 0.3 is 0 Å². The molecule has 2 amide bonds. The highest BCUT2D eigenvalue weighted by Crippen LogP contribution is 2.36. The van der Waals surface area contributed by atoms with Crippen molar-refractivity contribution in [1.82, 2.24) is 9.80 Å². The smallest absolute Gasteiger partial charge is 0.262 e. The fraction of sp³-hybridized carbons (Fsp3) is 0.278. The Hall–Kier alpha value is -4.62. The third kappa shape index (κ3) is 8.52. The Morgan fingerprint density at radius 2 is 1.71 bits per heavy atom. The van der Waals surface area contributed by atoms with E-state index in [-0.39, 0.29) is 46.2 Å². The largest absolute Gasteiger partial charge is 0.486 e. The van der Waals surface area contributed by atoms with Crippen LogP contribution in [0.25, 0.3) is 0 Å². The first-order valence-corrected chi connectivity index (χ1v) is 17.7. The number of nitrogen functional groups attached to an aromatic ring is 1. The van der Waals surface area contributed by atoms with Gasteiger partial charge in [0, 0.05) is 36.1 Å². The number of rotatable bonds is 11. The summed E-state index contributed by atoms with van der Waals surface area (Å²) in [6.45, 7) is 4.74. The van der Waals surface area contributed by atoms with Gasteiger partial charge in [-0.15, -0.1) is 0 Å². The average molecular weight is 706 g/mol. The number of nitrogens with zero attached hydrogens (tertiary/aromatic N) is 2. The summed E-state index contributed by atoms with van der Waals surface area (Å²) in [5, 5.41) is 13.2. The minimum Gasteiger partial charge on any atom is -0.486 e. The van der Waals surface area contributed by atoms with Crippen molar-refractivity contribution in [2.75, 3.05) is 42.5 Å². The Morgan fingerprint density at radius 3 is 2.39 bits per heavy atom. The van der Waals surface area contributed by atoms with Crippen molar-refractivity contribution in [1.29, 1.82) is 0 Å². The molecule has 258 valence electrons. The van der Waals surface area contributed by atoms with Crippen LogP contribution in [0, 0.1) is 5.92 Å². The van der Waals surface area contributed by atoms with Crippen LogP contribution in [-0.4, -0.2) is 74.0 Å². The number of benzene rings is 4. The zero-order chi connectivity index (χ0) is 35.3. The molecule has 0 fully saturated rings. The molecule has 3 atom stereocenters. The van der Waals surface area contributed by atoms with E-state index in [0.29, 0.717) is 41.6 Å². The molecule has 0 spiro atoms. The number of ether oxygens (including phenoxy) is 1. The number of aliphatic hydroxyl groups is 1. The number of carbonyl (C=O) groups excluding carboxylic acids is 2. The molecule has 0 unspecified atom stereocenters. The highest BCUT2D eigenvalue weighted by atomic mass is 35.5. The number of sulfonamides is 1. The highest BCUT2D eigenvalue weighted by Gasteiger charge is 2.35. The van der Waals surface area contributed by atoms with Gasteiger partial charge in [0.15, 0.2) is 5.75 Å². The molecule has 0 saturated heterocycles. The topological polar surface area (TPSA) is 154 Å². The summed E-state index contributed by atoms with van der Waals surface area (Å²) in [6, 6.07) is 24.3. The van der Waals surface area contributed by atoms with Crippen LogP contribution >= 0.6 is 11.6 Å². The second kappa shape index (κ2) is 15.3. The van der Waals surface area contributed by atoms with E-state index in [1.165, 1.54) is 24.3 Å². The van der Waals surface area contributed by atoms with Crippen LogP contribution < -0.4 is 20.5 Å². The van der Waals surface area contributed by atoms with Gasteiger partial charge in [-0.05, 0) is 80.2 Å². The van der Waals surface area contributed by atoms with Crippen LogP contribution in [0.3, 0.4) is 0 Å². The highest BCUT2D eigenvalue weighted by molar-refractivity contribution is 7.92. The summed E-state index contributed by atoms with van der Waals surface area (Å²) < 4.78 is 35.9. The van der Waals surface area contributed by atoms with Gasteiger partial charge in [0.2, 0.25) is 0 Å². The van der Waals surface area contributed by atoms with E-state index in [1.807, 2.05) is 26.1 Å². The second-order valence-corrected chi connectivity index (χ2v) is 14.4. The van der Waals surface area contributed by atoms with Gasteiger partial charge in [-0.1, -0.05) is 48.9 Å². The number of para-hydroxylation sites is 3. The number of carbonyl (C=O) groups is 2. The van der Waals surface area contributed by atoms with Gasteiger partial charge in [0.05, 0.1) is 40.2 Å². The molecule has 0 radical (unpaired) electrons. The molecule has 0 bridgehead atoms. The lowest BCUT2D eigenvalue weighted by Crippen LogP contribution is -2.49. The van der Waals surface area contributed by atoms with Crippen LogP contribution in [0.4, 0.5) is 17.1 Å². The Labute approximate surface area is 291 Å². The first-order chi connectivity index (χ1) is 23.4. The summed E-state index contributed by atoms with van der Waals surface area (Å²) in [5.74, 6) is -0.737. The van der Waals surface area contributed by atoms with E-state index in [2.05, 4.69) is 14.9 Å². The van der Waals surface area contributed by atoms with Crippen LogP contribution in [0.2, 0.25) is 5.02 Å². The number of aliphatic hydroxyl groups excluding tert-OH is 1. The molecule has 5 rings (SSSR count).